The zero-order valence-corrected chi connectivity index (χ0v) is 15.9. The van der Waals surface area contributed by atoms with E-state index in [-0.39, 0.29) is 12.4 Å². The molecule has 1 unspecified atom stereocenters. The summed E-state index contributed by atoms with van der Waals surface area (Å²) in [5.41, 5.74) is 5.88. The van der Waals surface area contributed by atoms with Crippen LogP contribution >= 0.6 is 12.4 Å². The van der Waals surface area contributed by atoms with Gasteiger partial charge in [-0.1, -0.05) is 30.3 Å². The van der Waals surface area contributed by atoms with Gasteiger partial charge in [-0.25, -0.2) is 0 Å². The quantitative estimate of drug-likeness (QED) is 0.816. The smallest absolute Gasteiger partial charge is 0.119 e. The molecule has 2 aliphatic rings. The molecule has 4 heteroatoms. The topological polar surface area (TPSA) is 15.7 Å². The average molecular weight is 359 g/mol. The molecule has 0 spiro atoms. The molecule has 0 aromatic heterocycles. The minimum Gasteiger partial charge on any atom is -0.497 e. The molecule has 3 nitrogen and oxygen atoms in total. The maximum atomic E-state index is 5.54. The Morgan fingerprint density at radius 2 is 1.56 bits per heavy atom. The highest BCUT2D eigenvalue weighted by Gasteiger charge is 2.30. The number of nitrogens with zero attached hydrogens (tertiary/aromatic N) is 2. The van der Waals surface area contributed by atoms with Crippen LogP contribution in [-0.2, 0) is 12.8 Å². The molecule has 0 saturated carbocycles. The van der Waals surface area contributed by atoms with E-state index >= 15 is 0 Å². The van der Waals surface area contributed by atoms with Gasteiger partial charge in [0.2, 0.25) is 0 Å². The van der Waals surface area contributed by atoms with Crippen LogP contribution in [0, 0.1) is 0 Å². The number of aryl methyl sites for hydroxylation is 2. The van der Waals surface area contributed by atoms with Crippen molar-refractivity contribution < 1.29 is 4.74 Å². The van der Waals surface area contributed by atoms with Gasteiger partial charge < -0.3 is 9.64 Å². The third kappa shape index (κ3) is 3.55. The van der Waals surface area contributed by atoms with E-state index in [9.17, 15) is 0 Å². The Labute approximate surface area is 157 Å². The van der Waals surface area contributed by atoms with Crippen LogP contribution in [0.15, 0.2) is 42.5 Å². The van der Waals surface area contributed by atoms with Crippen LogP contribution in [0.4, 0.5) is 0 Å². The lowest BCUT2D eigenvalue weighted by Crippen LogP contribution is -2.46. The van der Waals surface area contributed by atoms with Crippen LogP contribution in [0.1, 0.15) is 28.3 Å². The van der Waals surface area contributed by atoms with Crippen LogP contribution in [0.2, 0.25) is 0 Å². The lowest BCUT2D eigenvalue weighted by Gasteiger charge is -2.39. The van der Waals surface area contributed by atoms with E-state index in [1.807, 2.05) is 0 Å². The molecule has 1 aliphatic heterocycles. The number of ether oxygens (including phenoxy) is 1. The Morgan fingerprint density at radius 1 is 0.880 bits per heavy atom. The van der Waals surface area contributed by atoms with Crippen LogP contribution in [-0.4, -0.2) is 50.1 Å². The summed E-state index contributed by atoms with van der Waals surface area (Å²) in [5.74, 6) is 0.965. The molecule has 1 saturated heterocycles. The molecule has 1 aliphatic carbocycles. The van der Waals surface area contributed by atoms with E-state index in [2.05, 4.69) is 59.3 Å². The SMILES string of the molecule is COc1ccc2c(c1)C(N1CCN(C)CC1)c1ccccc1CC2.Cl. The summed E-state index contributed by atoms with van der Waals surface area (Å²) in [7, 11) is 3.98. The Balaban J connectivity index is 0.00000182. The maximum Gasteiger partial charge on any atom is 0.119 e. The summed E-state index contributed by atoms with van der Waals surface area (Å²) in [4.78, 5) is 5.08. The van der Waals surface area contributed by atoms with E-state index in [4.69, 9.17) is 4.74 Å². The number of halogens is 1. The van der Waals surface area contributed by atoms with Crippen molar-refractivity contribution in [1.82, 2.24) is 9.80 Å². The first-order valence-corrected chi connectivity index (χ1v) is 8.93. The van der Waals surface area contributed by atoms with E-state index in [1.54, 1.807) is 7.11 Å². The number of likely N-dealkylation sites (N-methyl/N-ethyl adjacent to an activating group) is 1. The Kier molecular flexibility index (Phi) is 5.67. The third-order valence-electron chi connectivity index (χ3n) is 5.56. The number of hydrogen-bond acceptors (Lipinski definition) is 3. The second kappa shape index (κ2) is 7.77. The molecular weight excluding hydrogens is 332 g/mol. The van der Waals surface area contributed by atoms with Crippen molar-refractivity contribution in [3.05, 3.63) is 64.7 Å². The number of piperazine rings is 1. The van der Waals surface area contributed by atoms with Gasteiger partial charge in [-0.3, -0.25) is 4.90 Å². The fourth-order valence-electron chi connectivity index (χ4n) is 4.12. The molecule has 1 fully saturated rings. The molecule has 2 aromatic rings. The highest BCUT2D eigenvalue weighted by Crippen LogP contribution is 2.38. The van der Waals surface area contributed by atoms with Crippen LogP contribution in [0.5, 0.6) is 5.75 Å². The van der Waals surface area contributed by atoms with Gasteiger partial charge in [0.15, 0.2) is 0 Å². The Bertz CT molecular complexity index is 726. The van der Waals surface area contributed by atoms with E-state index in [0.717, 1.165) is 44.8 Å². The number of methoxy groups -OCH3 is 1. The number of benzene rings is 2. The molecule has 1 heterocycles. The molecule has 1 atom stereocenters. The molecular formula is C21H27ClN2O. The first-order valence-electron chi connectivity index (χ1n) is 8.93. The monoisotopic (exact) mass is 358 g/mol. The summed E-state index contributed by atoms with van der Waals surface area (Å²) in [6.45, 7) is 4.51. The van der Waals surface area contributed by atoms with Crippen molar-refractivity contribution >= 4 is 12.4 Å². The lowest BCUT2D eigenvalue weighted by molar-refractivity contribution is 0.127. The summed E-state index contributed by atoms with van der Waals surface area (Å²) < 4.78 is 5.54. The lowest BCUT2D eigenvalue weighted by atomic mass is 9.92. The van der Waals surface area contributed by atoms with Gasteiger partial charge in [0.05, 0.1) is 13.2 Å². The van der Waals surface area contributed by atoms with Gasteiger partial charge in [0, 0.05) is 26.2 Å². The summed E-state index contributed by atoms with van der Waals surface area (Å²) >= 11 is 0. The van der Waals surface area contributed by atoms with Gasteiger partial charge in [-0.15, -0.1) is 12.4 Å². The highest BCUT2D eigenvalue weighted by molar-refractivity contribution is 5.85. The number of rotatable bonds is 2. The minimum atomic E-state index is 0. The van der Waals surface area contributed by atoms with Crippen molar-refractivity contribution in [2.45, 2.75) is 18.9 Å². The molecule has 25 heavy (non-hydrogen) atoms. The van der Waals surface area contributed by atoms with Crippen LogP contribution in [0.3, 0.4) is 0 Å². The Morgan fingerprint density at radius 3 is 2.28 bits per heavy atom. The number of hydrogen-bond donors (Lipinski definition) is 0. The molecule has 134 valence electrons. The van der Waals surface area contributed by atoms with Crippen LogP contribution in [0.25, 0.3) is 0 Å². The van der Waals surface area contributed by atoms with E-state index in [0.29, 0.717) is 6.04 Å². The summed E-state index contributed by atoms with van der Waals surface area (Å²) in [6, 6.07) is 16.0. The van der Waals surface area contributed by atoms with Crippen molar-refractivity contribution in [1.29, 1.82) is 0 Å². The second-order valence-corrected chi connectivity index (χ2v) is 7.01. The second-order valence-electron chi connectivity index (χ2n) is 7.01. The molecule has 0 bridgehead atoms. The molecule has 0 N–H and O–H groups in total. The van der Waals surface area contributed by atoms with Gasteiger partial charge in [0.25, 0.3) is 0 Å². The molecule has 0 amide bonds. The van der Waals surface area contributed by atoms with Crippen molar-refractivity contribution in [3.63, 3.8) is 0 Å². The zero-order valence-electron chi connectivity index (χ0n) is 15.1. The summed E-state index contributed by atoms with van der Waals surface area (Å²) in [6.07, 6.45) is 2.24. The van der Waals surface area contributed by atoms with Crippen molar-refractivity contribution in [2.24, 2.45) is 0 Å². The molecule has 0 radical (unpaired) electrons. The number of fused-ring (bicyclic) bond motifs is 2. The normalized spacial score (nSPS) is 20.8. The average Bonchev–Trinajstić information content (AvgIpc) is 2.79. The van der Waals surface area contributed by atoms with Crippen molar-refractivity contribution in [3.8, 4) is 5.75 Å². The van der Waals surface area contributed by atoms with Gasteiger partial charge in [-0.2, -0.15) is 0 Å². The first kappa shape index (κ1) is 18.2. The highest BCUT2D eigenvalue weighted by atomic mass is 35.5. The fourth-order valence-corrected chi connectivity index (χ4v) is 4.12. The Hall–Kier alpha value is -1.55. The predicted molar refractivity (Wildman–Crippen MR) is 105 cm³/mol. The van der Waals surface area contributed by atoms with Gasteiger partial charge in [-0.05, 0) is 54.3 Å². The van der Waals surface area contributed by atoms with Gasteiger partial charge >= 0.3 is 0 Å². The maximum absolute atomic E-state index is 5.54. The minimum absolute atomic E-state index is 0. The zero-order chi connectivity index (χ0) is 16.5. The largest absolute Gasteiger partial charge is 0.497 e. The first-order chi connectivity index (χ1) is 11.8. The van der Waals surface area contributed by atoms with Gasteiger partial charge in [0.1, 0.15) is 5.75 Å². The molecule has 2 aromatic carbocycles. The summed E-state index contributed by atoms with van der Waals surface area (Å²) in [5, 5.41) is 0. The predicted octanol–water partition coefficient (Wildman–Crippen LogP) is 3.55. The standard InChI is InChI=1S/C21H26N2O.ClH/c1-22-11-13-23(14-12-22)21-19-6-4-3-5-16(19)7-8-17-9-10-18(24-2)15-20(17)21;/h3-6,9-10,15,21H,7-8,11-14H2,1-2H3;1H. The van der Waals surface area contributed by atoms with Crippen molar-refractivity contribution in [2.75, 3.05) is 40.3 Å². The van der Waals surface area contributed by atoms with Crippen LogP contribution < -0.4 is 4.74 Å². The molecule has 4 rings (SSSR count). The van der Waals surface area contributed by atoms with E-state index in [1.165, 1.54) is 22.3 Å². The third-order valence-corrected chi connectivity index (χ3v) is 5.56. The van der Waals surface area contributed by atoms with E-state index < -0.39 is 0 Å². The fraction of sp³-hybridized carbons (Fsp3) is 0.429.